The minimum Gasteiger partial charge on any atom is -0.497 e. The molecule has 2 N–H and O–H groups in total. The first kappa shape index (κ1) is 17.0. The first-order chi connectivity index (χ1) is 12.2. The molecule has 1 fully saturated rings. The molecule has 3 rings (SSSR count). The van der Waals surface area contributed by atoms with Crippen molar-refractivity contribution in [2.45, 2.75) is 12.8 Å². The second-order valence-electron chi connectivity index (χ2n) is 6.20. The Labute approximate surface area is 147 Å². The number of nitrogens with one attached hydrogen (secondary N) is 2. The van der Waals surface area contributed by atoms with Gasteiger partial charge in [-0.1, -0.05) is 36.4 Å². The summed E-state index contributed by atoms with van der Waals surface area (Å²) >= 11 is 0. The maximum absolute atomic E-state index is 12.3. The lowest BCUT2D eigenvalue weighted by Crippen LogP contribution is -2.29. The number of hydrogen-bond donors (Lipinski definition) is 2. The highest BCUT2D eigenvalue weighted by Crippen LogP contribution is 2.39. The molecule has 0 aromatic heterocycles. The second-order valence-corrected chi connectivity index (χ2v) is 6.20. The lowest BCUT2D eigenvalue weighted by Gasteiger charge is -2.07. The fraction of sp³-hybridized carbons (Fsp3) is 0.300. The quantitative estimate of drug-likeness (QED) is 0.815. The fourth-order valence-corrected chi connectivity index (χ4v) is 2.82. The van der Waals surface area contributed by atoms with Crippen molar-refractivity contribution in [2.75, 3.05) is 19.0 Å². The van der Waals surface area contributed by atoms with Crippen molar-refractivity contribution in [3.63, 3.8) is 0 Å². The van der Waals surface area contributed by atoms with E-state index in [1.807, 2.05) is 42.5 Å². The fourth-order valence-electron chi connectivity index (χ4n) is 2.82. The number of carbonyl (C=O) groups excluding carboxylic acids is 2. The molecule has 2 aromatic carbocycles. The molecule has 1 aliphatic carbocycles. The van der Waals surface area contributed by atoms with Crippen LogP contribution in [0.4, 0.5) is 5.69 Å². The first-order valence-electron chi connectivity index (χ1n) is 8.44. The number of benzene rings is 2. The molecule has 2 atom stereocenters. The molecule has 0 radical (unpaired) electrons. The third-order valence-corrected chi connectivity index (χ3v) is 4.36. The summed E-state index contributed by atoms with van der Waals surface area (Å²) in [6.07, 6.45) is 1.40. The van der Waals surface area contributed by atoms with Gasteiger partial charge in [-0.25, -0.2) is 0 Å². The average Bonchev–Trinajstić information content (AvgIpc) is 3.44. The second kappa shape index (κ2) is 7.83. The van der Waals surface area contributed by atoms with Crippen molar-refractivity contribution in [1.29, 1.82) is 0 Å². The highest BCUT2D eigenvalue weighted by Gasteiger charge is 2.47. The van der Waals surface area contributed by atoms with Crippen LogP contribution in [0.3, 0.4) is 0 Å². The van der Waals surface area contributed by atoms with Crippen molar-refractivity contribution in [3.05, 3.63) is 60.2 Å². The van der Waals surface area contributed by atoms with Crippen molar-refractivity contribution < 1.29 is 14.3 Å². The topological polar surface area (TPSA) is 67.4 Å². The number of hydrogen-bond acceptors (Lipinski definition) is 3. The molecule has 2 unspecified atom stereocenters. The van der Waals surface area contributed by atoms with Gasteiger partial charge in [0.25, 0.3) is 0 Å². The molecule has 0 aliphatic heterocycles. The lowest BCUT2D eigenvalue weighted by atomic mass is 10.1. The molecule has 2 aromatic rings. The maximum Gasteiger partial charge on any atom is 0.228 e. The average molecular weight is 338 g/mol. The number of anilines is 1. The van der Waals surface area contributed by atoms with Crippen LogP contribution in [0.5, 0.6) is 5.75 Å². The Balaban J connectivity index is 1.43. The zero-order chi connectivity index (χ0) is 17.6. The van der Waals surface area contributed by atoms with E-state index in [4.69, 9.17) is 4.74 Å². The number of methoxy groups -OCH3 is 1. The molecule has 5 heteroatoms. The van der Waals surface area contributed by atoms with Gasteiger partial charge in [-0.3, -0.25) is 9.59 Å². The van der Waals surface area contributed by atoms with E-state index >= 15 is 0 Å². The molecule has 1 saturated carbocycles. The number of rotatable bonds is 7. The molecular weight excluding hydrogens is 316 g/mol. The summed E-state index contributed by atoms with van der Waals surface area (Å²) in [7, 11) is 1.58. The predicted octanol–water partition coefficient (Wildman–Crippen LogP) is 2.63. The van der Waals surface area contributed by atoms with Gasteiger partial charge in [0, 0.05) is 18.3 Å². The third kappa shape index (κ3) is 4.59. The Bertz CT molecular complexity index is 746. The normalized spacial score (nSPS) is 18.3. The Hall–Kier alpha value is -2.82. The van der Waals surface area contributed by atoms with Crippen LogP contribution in [-0.4, -0.2) is 25.5 Å². The number of ether oxygens (including phenoxy) is 1. The largest absolute Gasteiger partial charge is 0.497 e. The van der Waals surface area contributed by atoms with Crippen LogP contribution >= 0.6 is 0 Å². The molecule has 130 valence electrons. The molecule has 5 nitrogen and oxygen atoms in total. The number of amides is 2. The van der Waals surface area contributed by atoms with E-state index in [1.165, 1.54) is 5.56 Å². The van der Waals surface area contributed by atoms with E-state index in [0.717, 1.165) is 6.42 Å². The van der Waals surface area contributed by atoms with E-state index in [9.17, 15) is 9.59 Å². The zero-order valence-corrected chi connectivity index (χ0v) is 14.2. The molecule has 25 heavy (non-hydrogen) atoms. The summed E-state index contributed by atoms with van der Waals surface area (Å²) in [5.41, 5.74) is 1.87. The monoisotopic (exact) mass is 338 g/mol. The Morgan fingerprint density at radius 1 is 1.04 bits per heavy atom. The van der Waals surface area contributed by atoms with Crippen LogP contribution in [0.1, 0.15) is 12.0 Å². The van der Waals surface area contributed by atoms with Gasteiger partial charge in [-0.2, -0.15) is 0 Å². The standard InChI is InChI=1S/C20H22N2O3/c1-25-16-9-5-8-15(12-16)22-20(24)18-13-17(18)19(23)21-11-10-14-6-3-2-4-7-14/h2-9,12,17-18H,10-11,13H2,1H3,(H,21,23)(H,22,24). The molecule has 0 spiro atoms. The summed E-state index contributed by atoms with van der Waals surface area (Å²) in [6, 6.07) is 17.2. The van der Waals surface area contributed by atoms with Gasteiger partial charge in [-0.05, 0) is 30.5 Å². The van der Waals surface area contributed by atoms with E-state index in [2.05, 4.69) is 10.6 Å². The summed E-state index contributed by atoms with van der Waals surface area (Å²) in [5, 5.41) is 5.77. The minimum atomic E-state index is -0.247. The van der Waals surface area contributed by atoms with Gasteiger partial charge in [0.15, 0.2) is 0 Å². The van der Waals surface area contributed by atoms with Crippen LogP contribution in [0.15, 0.2) is 54.6 Å². The summed E-state index contributed by atoms with van der Waals surface area (Å²) in [6.45, 7) is 0.587. The SMILES string of the molecule is COc1cccc(NC(=O)C2CC2C(=O)NCCc2ccccc2)c1. The van der Waals surface area contributed by atoms with Gasteiger partial charge < -0.3 is 15.4 Å². The zero-order valence-electron chi connectivity index (χ0n) is 14.2. The highest BCUT2D eigenvalue weighted by atomic mass is 16.5. The van der Waals surface area contributed by atoms with Crippen LogP contribution in [-0.2, 0) is 16.0 Å². The Morgan fingerprint density at radius 3 is 2.56 bits per heavy atom. The third-order valence-electron chi connectivity index (χ3n) is 4.36. The van der Waals surface area contributed by atoms with Crippen molar-refractivity contribution >= 4 is 17.5 Å². The van der Waals surface area contributed by atoms with Gasteiger partial charge >= 0.3 is 0 Å². The summed E-state index contributed by atoms with van der Waals surface area (Å²) in [4.78, 5) is 24.4. The Morgan fingerprint density at radius 2 is 1.80 bits per heavy atom. The predicted molar refractivity (Wildman–Crippen MR) is 96.4 cm³/mol. The van der Waals surface area contributed by atoms with E-state index in [-0.39, 0.29) is 23.7 Å². The molecule has 0 heterocycles. The molecule has 1 aliphatic rings. The van der Waals surface area contributed by atoms with Crippen LogP contribution in [0.2, 0.25) is 0 Å². The van der Waals surface area contributed by atoms with Crippen molar-refractivity contribution in [1.82, 2.24) is 5.32 Å². The molecule has 0 saturated heterocycles. The molecule has 0 bridgehead atoms. The van der Waals surface area contributed by atoms with Crippen LogP contribution in [0.25, 0.3) is 0 Å². The van der Waals surface area contributed by atoms with Crippen molar-refractivity contribution in [2.24, 2.45) is 11.8 Å². The maximum atomic E-state index is 12.3. The Kier molecular flexibility index (Phi) is 5.33. The van der Waals surface area contributed by atoms with E-state index in [1.54, 1.807) is 19.2 Å². The molecular formula is C20H22N2O3. The van der Waals surface area contributed by atoms with Gasteiger partial charge in [0.1, 0.15) is 5.75 Å². The van der Waals surface area contributed by atoms with Gasteiger partial charge in [0.05, 0.1) is 18.9 Å². The highest BCUT2D eigenvalue weighted by molar-refractivity contribution is 5.99. The van der Waals surface area contributed by atoms with Gasteiger partial charge in [0.2, 0.25) is 11.8 Å². The number of carbonyl (C=O) groups is 2. The summed E-state index contributed by atoms with van der Waals surface area (Å²) in [5.74, 6) is 0.0614. The van der Waals surface area contributed by atoms with E-state index in [0.29, 0.717) is 24.4 Å². The van der Waals surface area contributed by atoms with Crippen LogP contribution in [0, 0.1) is 11.8 Å². The van der Waals surface area contributed by atoms with E-state index < -0.39 is 0 Å². The summed E-state index contributed by atoms with van der Waals surface area (Å²) < 4.78 is 5.14. The molecule has 2 amide bonds. The van der Waals surface area contributed by atoms with Crippen LogP contribution < -0.4 is 15.4 Å². The minimum absolute atomic E-state index is 0.0401. The lowest BCUT2D eigenvalue weighted by molar-refractivity contribution is -0.125. The smallest absolute Gasteiger partial charge is 0.228 e. The first-order valence-corrected chi connectivity index (χ1v) is 8.44. The van der Waals surface area contributed by atoms with Gasteiger partial charge in [-0.15, -0.1) is 0 Å². The van der Waals surface area contributed by atoms with Crippen molar-refractivity contribution in [3.8, 4) is 5.75 Å².